The topological polar surface area (TPSA) is 40.5 Å². The molecule has 0 aromatic carbocycles. The molecule has 0 radical (unpaired) electrons. The molecular weight excluding hydrogens is 202 g/mol. The van der Waals surface area contributed by atoms with Gasteiger partial charge in [-0.1, -0.05) is 26.7 Å². The summed E-state index contributed by atoms with van der Waals surface area (Å²) in [7, 11) is 0. The minimum atomic E-state index is -0.658. The zero-order valence-corrected chi connectivity index (χ0v) is 10.6. The van der Waals surface area contributed by atoms with Crippen LogP contribution in [0.25, 0.3) is 0 Å². The molecule has 1 N–H and O–H groups in total. The molecule has 1 saturated heterocycles. The normalized spacial score (nSPS) is 20.7. The standard InChI is InChI=1S/C13H25NO2/c1-11(2)9-12(10-13(15)16)14-7-5-3-4-6-8-14/h11-12H,3-10H2,1-2H3,(H,15,16). The number of aliphatic carboxylic acids is 1. The zero-order valence-electron chi connectivity index (χ0n) is 10.6. The summed E-state index contributed by atoms with van der Waals surface area (Å²) >= 11 is 0. The Bertz CT molecular complexity index is 208. The fraction of sp³-hybridized carbons (Fsp3) is 0.923. The van der Waals surface area contributed by atoms with E-state index in [1.807, 2.05) is 0 Å². The Kier molecular flexibility index (Phi) is 5.81. The lowest BCUT2D eigenvalue weighted by molar-refractivity contribution is -0.138. The van der Waals surface area contributed by atoms with Crippen molar-refractivity contribution in [1.82, 2.24) is 4.90 Å². The SMILES string of the molecule is CC(C)CC(CC(=O)O)N1CCCCCC1. The van der Waals surface area contributed by atoms with E-state index in [2.05, 4.69) is 18.7 Å². The van der Waals surface area contributed by atoms with Crippen molar-refractivity contribution < 1.29 is 9.90 Å². The number of rotatable bonds is 5. The van der Waals surface area contributed by atoms with Crippen LogP contribution in [0.2, 0.25) is 0 Å². The number of carboxylic acid groups (broad SMARTS) is 1. The van der Waals surface area contributed by atoms with Gasteiger partial charge in [0.05, 0.1) is 6.42 Å². The molecule has 1 fully saturated rings. The Morgan fingerprint density at radius 1 is 1.19 bits per heavy atom. The van der Waals surface area contributed by atoms with Crippen molar-refractivity contribution in [3.8, 4) is 0 Å². The maximum Gasteiger partial charge on any atom is 0.304 e. The van der Waals surface area contributed by atoms with E-state index in [4.69, 9.17) is 5.11 Å². The van der Waals surface area contributed by atoms with Crippen molar-refractivity contribution in [2.24, 2.45) is 5.92 Å². The predicted octanol–water partition coefficient (Wildman–Crippen LogP) is 2.75. The molecule has 0 spiro atoms. The summed E-state index contributed by atoms with van der Waals surface area (Å²) in [5.41, 5.74) is 0. The van der Waals surface area contributed by atoms with Crippen LogP contribution in [-0.4, -0.2) is 35.1 Å². The van der Waals surface area contributed by atoms with Gasteiger partial charge in [-0.05, 0) is 38.3 Å². The molecule has 1 atom stereocenters. The van der Waals surface area contributed by atoms with Crippen molar-refractivity contribution in [3.63, 3.8) is 0 Å². The van der Waals surface area contributed by atoms with Crippen molar-refractivity contribution in [2.75, 3.05) is 13.1 Å². The molecule has 16 heavy (non-hydrogen) atoms. The highest BCUT2D eigenvalue weighted by Crippen LogP contribution is 2.19. The molecule has 0 bridgehead atoms. The number of hydrogen-bond acceptors (Lipinski definition) is 2. The average Bonchev–Trinajstić information content (AvgIpc) is 2.42. The lowest BCUT2D eigenvalue weighted by Gasteiger charge is -2.30. The molecule has 1 rings (SSSR count). The molecule has 0 saturated carbocycles. The molecule has 1 aliphatic heterocycles. The largest absolute Gasteiger partial charge is 0.481 e. The molecule has 3 nitrogen and oxygen atoms in total. The summed E-state index contributed by atoms with van der Waals surface area (Å²) in [5, 5.41) is 8.97. The van der Waals surface area contributed by atoms with Crippen LogP contribution in [0.3, 0.4) is 0 Å². The highest BCUT2D eigenvalue weighted by Gasteiger charge is 2.22. The Morgan fingerprint density at radius 3 is 2.19 bits per heavy atom. The fourth-order valence-electron chi connectivity index (χ4n) is 2.57. The monoisotopic (exact) mass is 227 g/mol. The Labute approximate surface area is 98.8 Å². The summed E-state index contributed by atoms with van der Waals surface area (Å²) in [5.74, 6) is -0.0810. The summed E-state index contributed by atoms with van der Waals surface area (Å²) in [6, 6.07) is 0.246. The molecule has 0 aromatic heterocycles. The van der Waals surface area contributed by atoms with Crippen LogP contribution < -0.4 is 0 Å². The van der Waals surface area contributed by atoms with Crippen LogP contribution in [0.15, 0.2) is 0 Å². The Hall–Kier alpha value is -0.570. The number of nitrogens with zero attached hydrogens (tertiary/aromatic N) is 1. The van der Waals surface area contributed by atoms with E-state index in [1.54, 1.807) is 0 Å². The summed E-state index contributed by atoms with van der Waals surface area (Å²) in [6.07, 6.45) is 6.38. The van der Waals surface area contributed by atoms with E-state index in [0.29, 0.717) is 12.3 Å². The van der Waals surface area contributed by atoms with Crippen LogP contribution in [0, 0.1) is 5.92 Å². The first-order valence-corrected chi connectivity index (χ1v) is 6.55. The molecule has 3 heteroatoms. The van der Waals surface area contributed by atoms with Crippen molar-refractivity contribution >= 4 is 5.97 Å². The van der Waals surface area contributed by atoms with Gasteiger partial charge in [-0.3, -0.25) is 9.69 Å². The second kappa shape index (κ2) is 6.89. The third-order valence-electron chi connectivity index (χ3n) is 3.31. The van der Waals surface area contributed by atoms with Crippen LogP contribution in [0.1, 0.15) is 52.4 Å². The third kappa shape index (κ3) is 4.97. The Balaban J connectivity index is 2.53. The van der Waals surface area contributed by atoms with Gasteiger partial charge in [-0.15, -0.1) is 0 Å². The molecule has 1 heterocycles. The summed E-state index contributed by atoms with van der Waals surface area (Å²) in [4.78, 5) is 13.3. The van der Waals surface area contributed by atoms with Crippen LogP contribution in [-0.2, 0) is 4.79 Å². The fourth-order valence-corrected chi connectivity index (χ4v) is 2.57. The van der Waals surface area contributed by atoms with Gasteiger partial charge in [-0.25, -0.2) is 0 Å². The molecule has 0 amide bonds. The summed E-state index contributed by atoms with van der Waals surface area (Å²) in [6.45, 7) is 6.52. The second-order valence-corrected chi connectivity index (χ2v) is 5.33. The zero-order chi connectivity index (χ0) is 12.0. The number of carboxylic acids is 1. The Morgan fingerprint density at radius 2 is 1.75 bits per heavy atom. The first kappa shape index (κ1) is 13.5. The second-order valence-electron chi connectivity index (χ2n) is 5.33. The lowest BCUT2D eigenvalue weighted by atomic mass is 9.99. The van der Waals surface area contributed by atoms with E-state index >= 15 is 0 Å². The van der Waals surface area contributed by atoms with Crippen molar-refractivity contribution in [1.29, 1.82) is 0 Å². The molecule has 1 unspecified atom stereocenters. The van der Waals surface area contributed by atoms with Gasteiger partial charge < -0.3 is 5.11 Å². The van der Waals surface area contributed by atoms with E-state index < -0.39 is 5.97 Å². The smallest absolute Gasteiger partial charge is 0.304 e. The molecule has 1 aliphatic rings. The third-order valence-corrected chi connectivity index (χ3v) is 3.31. The molecule has 94 valence electrons. The minimum absolute atomic E-state index is 0.246. The first-order chi connectivity index (χ1) is 7.59. The van der Waals surface area contributed by atoms with Gasteiger partial charge in [-0.2, -0.15) is 0 Å². The van der Waals surface area contributed by atoms with Gasteiger partial charge in [0.2, 0.25) is 0 Å². The molecular formula is C13H25NO2. The highest BCUT2D eigenvalue weighted by molar-refractivity contribution is 5.67. The quantitative estimate of drug-likeness (QED) is 0.785. The lowest BCUT2D eigenvalue weighted by Crippen LogP contribution is -2.38. The van der Waals surface area contributed by atoms with Crippen molar-refractivity contribution in [2.45, 2.75) is 58.4 Å². The first-order valence-electron chi connectivity index (χ1n) is 6.55. The molecule has 0 aliphatic carbocycles. The highest BCUT2D eigenvalue weighted by atomic mass is 16.4. The van der Waals surface area contributed by atoms with E-state index in [1.165, 1.54) is 25.7 Å². The minimum Gasteiger partial charge on any atom is -0.481 e. The van der Waals surface area contributed by atoms with Gasteiger partial charge in [0.1, 0.15) is 0 Å². The van der Waals surface area contributed by atoms with Gasteiger partial charge >= 0.3 is 5.97 Å². The number of hydrogen-bond donors (Lipinski definition) is 1. The average molecular weight is 227 g/mol. The van der Waals surface area contributed by atoms with E-state index in [-0.39, 0.29) is 6.04 Å². The number of carbonyl (C=O) groups is 1. The maximum absolute atomic E-state index is 10.9. The van der Waals surface area contributed by atoms with Crippen molar-refractivity contribution in [3.05, 3.63) is 0 Å². The number of likely N-dealkylation sites (tertiary alicyclic amines) is 1. The van der Waals surface area contributed by atoms with Crippen LogP contribution in [0.4, 0.5) is 0 Å². The van der Waals surface area contributed by atoms with Crippen LogP contribution >= 0.6 is 0 Å². The predicted molar refractivity (Wildman–Crippen MR) is 65.5 cm³/mol. The maximum atomic E-state index is 10.9. The van der Waals surface area contributed by atoms with Crippen LogP contribution in [0.5, 0.6) is 0 Å². The van der Waals surface area contributed by atoms with Gasteiger partial charge in [0.25, 0.3) is 0 Å². The van der Waals surface area contributed by atoms with E-state index in [9.17, 15) is 4.79 Å². The van der Waals surface area contributed by atoms with E-state index in [0.717, 1.165) is 19.5 Å². The summed E-state index contributed by atoms with van der Waals surface area (Å²) < 4.78 is 0. The van der Waals surface area contributed by atoms with Gasteiger partial charge in [0, 0.05) is 6.04 Å². The van der Waals surface area contributed by atoms with Gasteiger partial charge in [0.15, 0.2) is 0 Å². The molecule has 0 aromatic rings.